The van der Waals surface area contributed by atoms with E-state index in [1.54, 1.807) is 7.11 Å². The third kappa shape index (κ3) is 1.70. The average molecular weight is 286 g/mol. The van der Waals surface area contributed by atoms with Crippen LogP contribution in [0.4, 0.5) is 0 Å². The number of Topliss-reactive ketones (excluding diaryl/α,β-unsaturated/α-hetero) is 1. The number of hydrogen-bond donors (Lipinski definition) is 0. The first kappa shape index (κ1) is 12.8. The summed E-state index contributed by atoms with van der Waals surface area (Å²) >= 11 is 0. The van der Waals surface area contributed by atoms with E-state index in [1.165, 1.54) is 0 Å². The molecule has 1 aliphatic carbocycles. The maximum Gasteiger partial charge on any atom is 0.198 e. The lowest BCUT2D eigenvalue weighted by Gasteiger charge is -2.22. The molecule has 3 aromatic carbocycles. The smallest absolute Gasteiger partial charge is 0.198 e. The molecule has 0 amide bonds. The van der Waals surface area contributed by atoms with E-state index < -0.39 is 0 Å². The van der Waals surface area contributed by atoms with Gasteiger partial charge in [-0.05, 0) is 10.9 Å². The molecule has 2 heteroatoms. The molecule has 0 heterocycles. The first-order valence-electron chi connectivity index (χ1n) is 7.22. The highest BCUT2D eigenvalue weighted by molar-refractivity contribution is 6.40. The number of ketones is 1. The second-order valence-corrected chi connectivity index (χ2v) is 5.31. The molecule has 0 radical (unpaired) electrons. The molecule has 0 spiro atoms. The fourth-order valence-corrected chi connectivity index (χ4v) is 3.17. The number of allylic oxidation sites excluding steroid dienone is 1. The predicted molar refractivity (Wildman–Crippen MR) is 88.5 cm³/mol. The van der Waals surface area contributed by atoms with Crippen molar-refractivity contribution in [3.05, 3.63) is 83.4 Å². The van der Waals surface area contributed by atoms with Crippen LogP contribution in [0.25, 0.3) is 22.1 Å². The zero-order valence-corrected chi connectivity index (χ0v) is 12.2. The van der Waals surface area contributed by atoms with E-state index in [-0.39, 0.29) is 5.78 Å². The standard InChI is InChI=1S/C20H14O2/c1-22-20-16-12-6-10-13-9-5-11-15(17(13)16)19(21)18(20)14-7-3-2-4-8-14/h2-12H,1H3. The maximum absolute atomic E-state index is 13.0. The van der Waals surface area contributed by atoms with Gasteiger partial charge in [0.25, 0.3) is 0 Å². The van der Waals surface area contributed by atoms with E-state index in [9.17, 15) is 4.79 Å². The Morgan fingerprint density at radius 2 is 1.45 bits per heavy atom. The highest BCUT2D eigenvalue weighted by atomic mass is 16.5. The van der Waals surface area contributed by atoms with E-state index >= 15 is 0 Å². The van der Waals surface area contributed by atoms with Gasteiger partial charge in [0.2, 0.25) is 0 Å². The van der Waals surface area contributed by atoms with Crippen LogP contribution in [-0.4, -0.2) is 12.9 Å². The molecule has 0 bridgehead atoms. The Balaban J connectivity index is 2.12. The number of methoxy groups -OCH3 is 1. The van der Waals surface area contributed by atoms with Gasteiger partial charge in [0.15, 0.2) is 5.78 Å². The summed E-state index contributed by atoms with van der Waals surface area (Å²) in [7, 11) is 1.62. The zero-order chi connectivity index (χ0) is 15.1. The van der Waals surface area contributed by atoms with Crippen molar-refractivity contribution in [1.82, 2.24) is 0 Å². The topological polar surface area (TPSA) is 26.3 Å². The molecule has 4 rings (SSSR count). The molecule has 0 fully saturated rings. The van der Waals surface area contributed by atoms with Gasteiger partial charge < -0.3 is 4.74 Å². The van der Waals surface area contributed by atoms with Crippen molar-refractivity contribution in [3.8, 4) is 0 Å². The van der Waals surface area contributed by atoms with Crippen LogP contribution < -0.4 is 0 Å². The number of rotatable bonds is 2. The van der Waals surface area contributed by atoms with Crippen LogP contribution in [0, 0.1) is 0 Å². The number of ether oxygens (including phenoxy) is 1. The van der Waals surface area contributed by atoms with Gasteiger partial charge in [-0.1, -0.05) is 66.7 Å². The van der Waals surface area contributed by atoms with Gasteiger partial charge in [-0.3, -0.25) is 4.79 Å². The molecular weight excluding hydrogens is 272 g/mol. The first-order valence-corrected chi connectivity index (χ1v) is 7.22. The van der Waals surface area contributed by atoms with Crippen molar-refractivity contribution in [1.29, 1.82) is 0 Å². The summed E-state index contributed by atoms with van der Waals surface area (Å²) in [5.41, 5.74) is 3.24. The molecule has 3 aromatic rings. The molecule has 1 aliphatic rings. The number of carbonyl (C=O) groups excluding carboxylic acids is 1. The van der Waals surface area contributed by atoms with Crippen molar-refractivity contribution < 1.29 is 9.53 Å². The average Bonchev–Trinajstić information content (AvgIpc) is 2.58. The SMILES string of the molecule is COC1=C(c2ccccc2)C(=O)c2cccc3cccc1c23. The summed E-state index contributed by atoms with van der Waals surface area (Å²) in [4.78, 5) is 13.0. The summed E-state index contributed by atoms with van der Waals surface area (Å²) in [6.45, 7) is 0. The minimum Gasteiger partial charge on any atom is -0.495 e. The highest BCUT2D eigenvalue weighted by Gasteiger charge is 2.29. The molecule has 0 atom stereocenters. The van der Waals surface area contributed by atoms with Crippen LogP contribution in [-0.2, 0) is 4.74 Å². The molecule has 106 valence electrons. The maximum atomic E-state index is 13.0. The Labute approximate surface area is 128 Å². The lowest BCUT2D eigenvalue weighted by Crippen LogP contribution is -2.13. The third-order valence-electron chi connectivity index (χ3n) is 4.11. The minimum absolute atomic E-state index is 0.0207. The fourth-order valence-electron chi connectivity index (χ4n) is 3.17. The van der Waals surface area contributed by atoms with Gasteiger partial charge >= 0.3 is 0 Å². The van der Waals surface area contributed by atoms with Crippen LogP contribution in [0.2, 0.25) is 0 Å². The largest absolute Gasteiger partial charge is 0.495 e. The minimum atomic E-state index is 0.0207. The number of benzene rings is 3. The fraction of sp³-hybridized carbons (Fsp3) is 0.0500. The molecule has 2 nitrogen and oxygen atoms in total. The Kier molecular flexibility index (Phi) is 2.83. The van der Waals surface area contributed by atoms with Crippen LogP contribution in [0.3, 0.4) is 0 Å². The summed E-state index contributed by atoms with van der Waals surface area (Å²) in [5.74, 6) is 0.674. The molecule has 0 aromatic heterocycles. The van der Waals surface area contributed by atoms with E-state index in [0.29, 0.717) is 11.3 Å². The van der Waals surface area contributed by atoms with Gasteiger partial charge in [0.1, 0.15) is 5.76 Å². The van der Waals surface area contributed by atoms with Crippen LogP contribution in [0.1, 0.15) is 21.5 Å². The van der Waals surface area contributed by atoms with E-state index in [0.717, 1.165) is 27.5 Å². The monoisotopic (exact) mass is 286 g/mol. The van der Waals surface area contributed by atoms with E-state index in [4.69, 9.17) is 4.74 Å². The van der Waals surface area contributed by atoms with E-state index in [1.807, 2.05) is 66.7 Å². The normalized spacial score (nSPS) is 13.6. The van der Waals surface area contributed by atoms with Gasteiger partial charge in [0, 0.05) is 16.5 Å². The zero-order valence-electron chi connectivity index (χ0n) is 12.2. The molecule has 0 unspecified atom stereocenters. The van der Waals surface area contributed by atoms with Gasteiger partial charge in [-0.25, -0.2) is 0 Å². The third-order valence-corrected chi connectivity index (χ3v) is 4.11. The van der Waals surface area contributed by atoms with E-state index in [2.05, 4.69) is 0 Å². The lowest BCUT2D eigenvalue weighted by atomic mass is 9.84. The highest BCUT2D eigenvalue weighted by Crippen LogP contribution is 2.40. The van der Waals surface area contributed by atoms with Crippen LogP contribution in [0.15, 0.2) is 66.7 Å². The van der Waals surface area contributed by atoms with Crippen molar-refractivity contribution >= 4 is 27.9 Å². The molecule has 22 heavy (non-hydrogen) atoms. The molecule has 0 saturated heterocycles. The second kappa shape index (κ2) is 4.85. The second-order valence-electron chi connectivity index (χ2n) is 5.31. The summed E-state index contributed by atoms with van der Waals surface area (Å²) < 4.78 is 5.63. The molecule has 0 saturated carbocycles. The quantitative estimate of drug-likeness (QED) is 0.690. The number of hydrogen-bond acceptors (Lipinski definition) is 2. The van der Waals surface area contributed by atoms with Gasteiger partial charge in [-0.15, -0.1) is 0 Å². The van der Waals surface area contributed by atoms with Gasteiger partial charge in [0.05, 0.1) is 12.7 Å². The predicted octanol–water partition coefficient (Wildman–Crippen LogP) is 4.55. The summed E-state index contributed by atoms with van der Waals surface area (Å²) in [6, 6.07) is 21.6. The Morgan fingerprint density at radius 1 is 0.773 bits per heavy atom. The summed E-state index contributed by atoms with van der Waals surface area (Å²) in [5, 5.41) is 2.04. The Bertz CT molecular complexity index is 916. The van der Waals surface area contributed by atoms with Crippen LogP contribution >= 0.6 is 0 Å². The van der Waals surface area contributed by atoms with Gasteiger partial charge in [-0.2, -0.15) is 0 Å². The van der Waals surface area contributed by atoms with Crippen molar-refractivity contribution in [2.24, 2.45) is 0 Å². The van der Waals surface area contributed by atoms with Crippen LogP contribution in [0.5, 0.6) is 0 Å². The molecular formula is C20H14O2. The van der Waals surface area contributed by atoms with Crippen molar-refractivity contribution in [3.63, 3.8) is 0 Å². The molecule has 0 N–H and O–H groups in total. The molecule has 0 aliphatic heterocycles. The summed E-state index contributed by atoms with van der Waals surface area (Å²) in [6.07, 6.45) is 0. The first-order chi connectivity index (χ1) is 10.8. The van der Waals surface area contributed by atoms with Crippen molar-refractivity contribution in [2.45, 2.75) is 0 Å². The Hall–Kier alpha value is -2.87. The number of carbonyl (C=O) groups is 1. The van der Waals surface area contributed by atoms with Crippen molar-refractivity contribution in [2.75, 3.05) is 7.11 Å². The Morgan fingerprint density at radius 3 is 2.14 bits per heavy atom. The lowest BCUT2D eigenvalue weighted by molar-refractivity contribution is 0.105.